The van der Waals surface area contributed by atoms with E-state index in [4.69, 9.17) is 5.11 Å². The summed E-state index contributed by atoms with van der Waals surface area (Å²) in [5.74, 6) is -2.65. The summed E-state index contributed by atoms with van der Waals surface area (Å²) in [5.41, 5.74) is 0.910. The Morgan fingerprint density at radius 1 is 1.22 bits per heavy atom. The Hall–Kier alpha value is -3.29. The van der Waals surface area contributed by atoms with Crippen LogP contribution in [0, 0.1) is 0 Å². The molecular weight excluding hydrogens is 300 g/mol. The van der Waals surface area contributed by atoms with E-state index in [0.29, 0.717) is 11.0 Å². The predicted octanol–water partition coefficient (Wildman–Crippen LogP) is 0.463. The molecule has 0 saturated heterocycles. The van der Waals surface area contributed by atoms with Crippen LogP contribution < -0.4 is 10.6 Å². The van der Waals surface area contributed by atoms with Crippen molar-refractivity contribution in [3.63, 3.8) is 0 Å². The van der Waals surface area contributed by atoms with Crippen LogP contribution in [0.2, 0.25) is 0 Å². The molecule has 0 fully saturated rings. The van der Waals surface area contributed by atoms with Crippen LogP contribution in [0.3, 0.4) is 0 Å². The molecule has 1 aromatic heterocycles. The zero-order chi connectivity index (χ0) is 17.0. The van der Waals surface area contributed by atoms with Crippen molar-refractivity contribution in [3.8, 4) is 0 Å². The standard InChI is InChI=1S/C15H14N4O4/c1-8(13(20)18-9(2)15(22)23)17-14(21)12-7-16-10-5-3-4-6-11(10)19-12/h3-7,9H,1H2,2H3,(H,17,21)(H,18,20)(H,22,23)/t9-/m0/s1. The molecule has 1 heterocycles. The smallest absolute Gasteiger partial charge is 0.325 e. The summed E-state index contributed by atoms with van der Waals surface area (Å²) >= 11 is 0. The minimum absolute atomic E-state index is 0.0175. The maximum Gasteiger partial charge on any atom is 0.325 e. The molecule has 2 rings (SSSR count). The maximum absolute atomic E-state index is 12.1. The molecule has 8 heteroatoms. The van der Waals surface area contributed by atoms with E-state index in [1.165, 1.54) is 13.1 Å². The van der Waals surface area contributed by atoms with E-state index in [0.717, 1.165) is 0 Å². The maximum atomic E-state index is 12.1. The van der Waals surface area contributed by atoms with E-state index in [1.54, 1.807) is 24.3 Å². The first-order valence-electron chi connectivity index (χ1n) is 6.64. The van der Waals surface area contributed by atoms with Crippen molar-refractivity contribution in [3.05, 3.63) is 48.4 Å². The first kappa shape index (κ1) is 16.1. The SMILES string of the molecule is C=C(NC(=O)c1cnc2ccccc2n1)C(=O)N[C@@H](C)C(=O)O. The van der Waals surface area contributed by atoms with Crippen molar-refractivity contribution in [2.45, 2.75) is 13.0 Å². The minimum Gasteiger partial charge on any atom is -0.480 e. The highest BCUT2D eigenvalue weighted by molar-refractivity contribution is 6.02. The van der Waals surface area contributed by atoms with Crippen LogP contribution in [0.15, 0.2) is 42.7 Å². The number of carbonyl (C=O) groups is 3. The number of carboxylic acids is 1. The molecule has 2 aromatic rings. The summed E-state index contributed by atoms with van der Waals surface area (Å²) < 4.78 is 0. The predicted molar refractivity (Wildman–Crippen MR) is 81.4 cm³/mol. The number of hydrogen-bond donors (Lipinski definition) is 3. The van der Waals surface area contributed by atoms with E-state index < -0.39 is 23.8 Å². The number of benzene rings is 1. The van der Waals surface area contributed by atoms with Gasteiger partial charge in [0.05, 0.1) is 22.9 Å². The monoisotopic (exact) mass is 314 g/mol. The van der Waals surface area contributed by atoms with Gasteiger partial charge in [-0.05, 0) is 19.1 Å². The van der Waals surface area contributed by atoms with Gasteiger partial charge in [-0.3, -0.25) is 19.4 Å². The van der Waals surface area contributed by atoms with Crippen molar-refractivity contribution < 1.29 is 19.5 Å². The van der Waals surface area contributed by atoms with Gasteiger partial charge in [0.2, 0.25) is 0 Å². The Bertz CT molecular complexity index is 803. The van der Waals surface area contributed by atoms with Crippen LogP contribution >= 0.6 is 0 Å². The van der Waals surface area contributed by atoms with Gasteiger partial charge in [0.15, 0.2) is 0 Å². The summed E-state index contributed by atoms with van der Waals surface area (Å²) in [6, 6.07) is 5.92. The average molecular weight is 314 g/mol. The van der Waals surface area contributed by atoms with Crippen molar-refractivity contribution >= 4 is 28.8 Å². The van der Waals surface area contributed by atoms with Gasteiger partial charge in [-0.25, -0.2) is 4.98 Å². The summed E-state index contributed by atoms with van der Waals surface area (Å²) in [5, 5.41) is 13.2. The van der Waals surface area contributed by atoms with Crippen LogP contribution in [-0.2, 0) is 9.59 Å². The van der Waals surface area contributed by atoms with Gasteiger partial charge in [0.25, 0.3) is 11.8 Å². The van der Waals surface area contributed by atoms with Gasteiger partial charge >= 0.3 is 5.97 Å². The van der Waals surface area contributed by atoms with Crippen molar-refractivity contribution in [2.75, 3.05) is 0 Å². The van der Waals surface area contributed by atoms with Crippen molar-refractivity contribution in [2.24, 2.45) is 0 Å². The van der Waals surface area contributed by atoms with Gasteiger partial charge in [0.1, 0.15) is 11.7 Å². The van der Waals surface area contributed by atoms with E-state index in [1.807, 2.05) is 0 Å². The molecule has 0 aliphatic heterocycles. The Morgan fingerprint density at radius 2 is 1.87 bits per heavy atom. The Kier molecular flexibility index (Phi) is 4.65. The lowest BCUT2D eigenvalue weighted by Crippen LogP contribution is -2.42. The van der Waals surface area contributed by atoms with E-state index in [-0.39, 0.29) is 11.4 Å². The molecule has 0 saturated carbocycles. The van der Waals surface area contributed by atoms with Gasteiger partial charge in [-0.2, -0.15) is 0 Å². The molecule has 0 unspecified atom stereocenters. The molecule has 0 radical (unpaired) electrons. The normalized spacial score (nSPS) is 11.5. The largest absolute Gasteiger partial charge is 0.480 e. The quantitative estimate of drug-likeness (QED) is 0.689. The summed E-state index contributed by atoms with van der Waals surface area (Å²) in [7, 11) is 0. The first-order valence-corrected chi connectivity index (χ1v) is 6.64. The van der Waals surface area contributed by atoms with Gasteiger partial charge < -0.3 is 15.7 Å². The summed E-state index contributed by atoms with van der Waals surface area (Å²) in [6.07, 6.45) is 1.28. The minimum atomic E-state index is -1.20. The lowest BCUT2D eigenvalue weighted by atomic mass is 10.3. The molecule has 8 nitrogen and oxygen atoms in total. The molecule has 23 heavy (non-hydrogen) atoms. The molecule has 2 amide bonds. The molecule has 3 N–H and O–H groups in total. The van der Waals surface area contributed by atoms with Crippen molar-refractivity contribution in [1.82, 2.24) is 20.6 Å². The number of carboxylic acid groups (broad SMARTS) is 1. The lowest BCUT2D eigenvalue weighted by molar-refractivity contribution is -0.140. The first-order chi connectivity index (χ1) is 10.9. The molecule has 1 aromatic carbocycles. The van der Waals surface area contributed by atoms with Crippen molar-refractivity contribution in [1.29, 1.82) is 0 Å². The second kappa shape index (κ2) is 6.65. The lowest BCUT2D eigenvalue weighted by Gasteiger charge is -2.11. The average Bonchev–Trinajstić information content (AvgIpc) is 2.53. The highest BCUT2D eigenvalue weighted by atomic mass is 16.4. The van der Waals surface area contributed by atoms with Crippen LogP contribution in [0.1, 0.15) is 17.4 Å². The number of fused-ring (bicyclic) bond motifs is 1. The highest BCUT2D eigenvalue weighted by Crippen LogP contribution is 2.08. The Labute approximate surface area is 131 Å². The second-order valence-electron chi connectivity index (χ2n) is 4.71. The molecule has 0 aliphatic rings. The van der Waals surface area contributed by atoms with Crippen LogP contribution in [-0.4, -0.2) is 38.9 Å². The summed E-state index contributed by atoms with van der Waals surface area (Å²) in [4.78, 5) is 42.7. The number of rotatable bonds is 5. The number of carbonyl (C=O) groups excluding carboxylic acids is 2. The second-order valence-corrected chi connectivity index (χ2v) is 4.71. The molecule has 0 bridgehead atoms. The fourth-order valence-electron chi connectivity index (χ4n) is 1.67. The number of aromatic nitrogens is 2. The third kappa shape index (κ3) is 3.88. The number of hydrogen-bond acceptors (Lipinski definition) is 5. The van der Waals surface area contributed by atoms with Crippen LogP contribution in [0.4, 0.5) is 0 Å². The molecule has 0 aliphatic carbocycles. The number of nitrogens with zero attached hydrogens (tertiary/aromatic N) is 2. The van der Waals surface area contributed by atoms with E-state index in [9.17, 15) is 14.4 Å². The number of aliphatic carboxylic acids is 1. The zero-order valence-electron chi connectivity index (χ0n) is 12.2. The van der Waals surface area contributed by atoms with E-state index in [2.05, 4.69) is 27.2 Å². The van der Waals surface area contributed by atoms with Gasteiger partial charge in [0, 0.05) is 0 Å². The number of nitrogens with one attached hydrogen (secondary N) is 2. The fourth-order valence-corrected chi connectivity index (χ4v) is 1.67. The Morgan fingerprint density at radius 3 is 2.52 bits per heavy atom. The third-order valence-corrected chi connectivity index (χ3v) is 2.94. The highest BCUT2D eigenvalue weighted by Gasteiger charge is 2.18. The molecule has 1 atom stereocenters. The summed E-state index contributed by atoms with van der Waals surface area (Å²) in [6.45, 7) is 4.71. The van der Waals surface area contributed by atoms with Crippen LogP contribution in [0.25, 0.3) is 11.0 Å². The fraction of sp³-hybridized carbons (Fsp3) is 0.133. The van der Waals surface area contributed by atoms with Crippen LogP contribution in [0.5, 0.6) is 0 Å². The Balaban J connectivity index is 2.06. The number of para-hydroxylation sites is 2. The molecule has 0 spiro atoms. The number of amides is 2. The molecular formula is C15H14N4O4. The topological polar surface area (TPSA) is 121 Å². The van der Waals surface area contributed by atoms with Gasteiger partial charge in [-0.1, -0.05) is 18.7 Å². The zero-order valence-corrected chi connectivity index (χ0v) is 12.2. The third-order valence-electron chi connectivity index (χ3n) is 2.94. The van der Waals surface area contributed by atoms with Gasteiger partial charge in [-0.15, -0.1) is 0 Å². The molecule has 118 valence electrons. The van der Waals surface area contributed by atoms with E-state index >= 15 is 0 Å².